The SMILES string of the molecule is ClC1=C(I)SC(=C2SC3=C(SCCS3)S2)S1. The van der Waals surface area contributed by atoms with Gasteiger partial charge in [0.1, 0.15) is 0 Å². The van der Waals surface area contributed by atoms with Gasteiger partial charge in [-0.3, -0.25) is 0 Å². The van der Waals surface area contributed by atoms with E-state index in [1.54, 1.807) is 23.5 Å². The number of hydrogen-bond donors (Lipinski definition) is 0. The molecule has 3 aliphatic rings. The van der Waals surface area contributed by atoms with E-state index in [9.17, 15) is 0 Å². The van der Waals surface area contributed by atoms with Gasteiger partial charge in [-0.1, -0.05) is 58.6 Å². The van der Waals surface area contributed by atoms with E-state index in [-0.39, 0.29) is 0 Å². The molecule has 0 amide bonds. The smallest absolute Gasteiger partial charge is 0.0989 e. The second-order valence-corrected chi connectivity index (χ2v) is 12.5. The predicted octanol–water partition coefficient (Wildman–Crippen LogP) is 6.48. The van der Waals surface area contributed by atoms with Crippen molar-refractivity contribution >= 4 is 105 Å². The Morgan fingerprint density at radius 1 is 0.812 bits per heavy atom. The van der Waals surface area contributed by atoms with Crippen molar-refractivity contribution in [3.05, 3.63) is 24.2 Å². The topological polar surface area (TPSA) is 0 Å². The summed E-state index contributed by atoms with van der Waals surface area (Å²) in [4.78, 5) is 0. The minimum absolute atomic E-state index is 0.930. The molecular formula is C8H4ClIS6. The van der Waals surface area contributed by atoms with Crippen LogP contribution in [0.15, 0.2) is 24.2 Å². The Hall–Kier alpha value is 2.34. The summed E-state index contributed by atoms with van der Waals surface area (Å²) in [5.74, 6) is 2.49. The van der Waals surface area contributed by atoms with Crippen molar-refractivity contribution in [2.24, 2.45) is 0 Å². The lowest BCUT2D eigenvalue weighted by Gasteiger charge is -2.08. The molecule has 86 valence electrons. The Balaban J connectivity index is 1.79. The molecule has 0 saturated carbocycles. The van der Waals surface area contributed by atoms with Crippen molar-refractivity contribution in [1.29, 1.82) is 0 Å². The van der Waals surface area contributed by atoms with Gasteiger partial charge in [0.05, 0.1) is 24.2 Å². The highest BCUT2D eigenvalue weighted by atomic mass is 127. The Labute approximate surface area is 139 Å². The van der Waals surface area contributed by atoms with E-state index in [0.29, 0.717) is 0 Å². The molecule has 0 aromatic carbocycles. The van der Waals surface area contributed by atoms with Crippen LogP contribution < -0.4 is 0 Å². The van der Waals surface area contributed by atoms with Crippen LogP contribution in [0.25, 0.3) is 0 Å². The second kappa shape index (κ2) is 5.76. The van der Waals surface area contributed by atoms with Crippen molar-refractivity contribution in [2.45, 2.75) is 0 Å². The van der Waals surface area contributed by atoms with Gasteiger partial charge in [-0.15, -0.1) is 23.5 Å². The summed E-state index contributed by atoms with van der Waals surface area (Å²) in [7, 11) is 0. The fourth-order valence-electron chi connectivity index (χ4n) is 1.15. The zero-order chi connectivity index (χ0) is 11.1. The molecule has 8 heteroatoms. The van der Waals surface area contributed by atoms with Gasteiger partial charge in [-0.05, 0) is 22.6 Å². The molecular weight excluding hydrogens is 451 g/mol. The maximum Gasteiger partial charge on any atom is 0.0989 e. The Morgan fingerprint density at radius 3 is 1.88 bits per heavy atom. The standard InChI is InChI=1S/C8H4ClIS6/c9-3-4(10)14-7(13-3)8-15-5-6(16-8)12-2-1-11-5/h1-2H2. The number of hydrogen-bond acceptors (Lipinski definition) is 6. The first-order valence-corrected chi connectivity index (χ1v) is 10.9. The van der Waals surface area contributed by atoms with E-state index in [1.807, 2.05) is 47.0 Å². The summed E-state index contributed by atoms with van der Waals surface area (Å²) >= 11 is 19.8. The molecule has 0 fully saturated rings. The molecule has 3 rings (SSSR count). The van der Waals surface area contributed by atoms with E-state index in [0.717, 1.165) is 4.36 Å². The highest BCUT2D eigenvalue weighted by molar-refractivity contribution is 14.1. The summed E-state index contributed by atoms with van der Waals surface area (Å²) in [6.07, 6.45) is 0. The van der Waals surface area contributed by atoms with E-state index in [1.165, 1.54) is 31.4 Å². The lowest BCUT2D eigenvalue weighted by Crippen LogP contribution is -1.88. The highest BCUT2D eigenvalue weighted by Crippen LogP contribution is 2.65. The lowest BCUT2D eigenvalue weighted by molar-refractivity contribution is 1.56. The normalized spacial score (nSPS) is 25.9. The van der Waals surface area contributed by atoms with Crippen molar-refractivity contribution < 1.29 is 0 Å². The van der Waals surface area contributed by atoms with Crippen molar-refractivity contribution in [1.82, 2.24) is 0 Å². The summed E-state index contributed by atoms with van der Waals surface area (Å²) in [6.45, 7) is 0. The van der Waals surface area contributed by atoms with E-state index in [2.05, 4.69) is 22.6 Å². The minimum Gasteiger partial charge on any atom is -0.116 e. The molecule has 0 N–H and O–H groups in total. The number of thioether (sulfide) groups is 6. The third-order valence-electron chi connectivity index (χ3n) is 1.77. The summed E-state index contributed by atoms with van der Waals surface area (Å²) in [5.41, 5.74) is 0. The van der Waals surface area contributed by atoms with Crippen LogP contribution in [0.5, 0.6) is 0 Å². The molecule has 0 nitrogen and oxygen atoms in total. The highest BCUT2D eigenvalue weighted by Gasteiger charge is 2.30. The summed E-state index contributed by atoms with van der Waals surface area (Å²) < 4.78 is 7.93. The minimum atomic E-state index is 0.930. The zero-order valence-corrected chi connectivity index (χ0v) is 15.4. The molecule has 16 heavy (non-hydrogen) atoms. The second-order valence-electron chi connectivity index (χ2n) is 2.80. The Bertz CT molecular complexity index is 404. The average Bonchev–Trinajstić information content (AvgIpc) is 2.83. The number of halogens is 2. The molecule has 0 atom stereocenters. The van der Waals surface area contributed by atoms with Gasteiger partial charge in [0.25, 0.3) is 0 Å². The van der Waals surface area contributed by atoms with Crippen molar-refractivity contribution in [2.75, 3.05) is 11.5 Å². The maximum atomic E-state index is 6.13. The maximum absolute atomic E-state index is 6.13. The third kappa shape index (κ3) is 2.76. The zero-order valence-electron chi connectivity index (χ0n) is 7.62. The van der Waals surface area contributed by atoms with Crippen LogP contribution in [0.1, 0.15) is 0 Å². The first-order valence-electron chi connectivity index (χ1n) is 4.25. The molecule has 0 saturated heterocycles. The summed E-state index contributed by atoms with van der Waals surface area (Å²) in [5, 5.41) is 0. The Kier molecular flexibility index (Phi) is 4.80. The molecule has 0 radical (unpaired) electrons. The number of rotatable bonds is 0. The van der Waals surface area contributed by atoms with Crippen LogP contribution >= 0.6 is 105 Å². The molecule has 0 aromatic heterocycles. The van der Waals surface area contributed by atoms with E-state index >= 15 is 0 Å². The molecule has 0 bridgehead atoms. The summed E-state index contributed by atoms with van der Waals surface area (Å²) in [6, 6.07) is 0. The third-order valence-corrected chi connectivity index (χ3v) is 12.7. The first-order chi connectivity index (χ1) is 7.74. The van der Waals surface area contributed by atoms with E-state index in [4.69, 9.17) is 11.6 Å². The Morgan fingerprint density at radius 2 is 1.38 bits per heavy atom. The van der Waals surface area contributed by atoms with Crippen LogP contribution in [0.2, 0.25) is 0 Å². The van der Waals surface area contributed by atoms with Gasteiger partial charge in [-0.25, -0.2) is 0 Å². The quantitative estimate of drug-likeness (QED) is 0.381. The molecule has 0 aromatic rings. The first kappa shape index (κ1) is 13.3. The van der Waals surface area contributed by atoms with Gasteiger partial charge in [-0.2, -0.15) is 0 Å². The lowest BCUT2D eigenvalue weighted by atomic mass is 11.0. The van der Waals surface area contributed by atoms with Gasteiger partial charge in [0.2, 0.25) is 0 Å². The molecule has 3 heterocycles. The monoisotopic (exact) mass is 454 g/mol. The van der Waals surface area contributed by atoms with Crippen LogP contribution in [0, 0.1) is 0 Å². The van der Waals surface area contributed by atoms with Crippen molar-refractivity contribution in [3.63, 3.8) is 0 Å². The molecule has 0 aliphatic carbocycles. The van der Waals surface area contributed by atoms with Crippen LogP contribution in [-0.4, -0.2) is 11.5 Å². The van der Waals surface area contributed by atoms with Crippen molar-refractivity contribution in [3.8, 4) is 0 Å². The average molecular weight is 455 g/mol. The predicted molar refractivity (Wildman–Crippen MR) is 96.2 cm³/mol. The largest absolute Gasteiger partial charge is 0.116 e. The fourth-order valence-corrected chi connectivity index (χ4v) is 11.2. The van der Waals surface area contributed by atoms with E-state index < -0.39 is 0 Å². The van der Waals surface area contributed by atoms with Gasteiger partial charge in [0.15, 0.2) is 0 Å². The van der Waals surface area contributed by atoms with Crippen LogP contribution in [0.4, 0.5) is 0 Å². The van der Waals surface area contributed by atoms with Gasteiger partial charge >= 0.3 is 0 Å². The van der Waals surface area contributed by atoms with Crippen LogP contribution in [0.3, 0.4) is 0 Å². The van der Waals surface area contributed by atoms with Crippen LogP contribution in [-0.2, 0) is 0 Å². The molecule has 0 unspecified atom stereocenters. The van der Waals surface area contributed by atoms with Gasteiger partial charge in [0, 0.05) is 11.5 Å². The molecule has 3 aliphatic heterocycles. The fraction of sp³-hybridized carbons (Fsp3) is 0.250. The van der Waals surface area contributed by atoms with Gasteiger partial charge < -0.3 is 0 Å². The molecule has 0 spiro atoms.